The molecule has 1 amide bonds. The van der Waals surface area contributed by atoms with Crippen LogP contribution in [0.3, 0.4) is 0 Å². The topological polar surface area (TPSA) is 84.6 Å². The lowest BCUT2D eigenvalue weighted by Gasteiger charge is -2.01. The number of amides is 1. The molecule has 0 unspecified atom stereocenters. The summed E-state index contributed by atoms with van der Waals surface area (Å²) in [5, 5.41) is 14.6. The van der Waals surface area contributed by atoms with Gasteiger partial charge in [-0.05, 0) is 31.2 Å². The molecule has 1 aliphatic rings. The first kappa shape index (κ1) is 13.2. The highest BCUT2D eigenvalue weighted by Gasteiger charge is 2.10. The van der Waals surface area contributed by atoms with Crippen molar-refractivity contribution >= 4 is 17.3 Å². The van der Waals surface area contributed by atoms with Gasteiger partial charge in [0.25, 0.3) is 5.69 Å². The van der Waals surface area contributed by atoms with E-state index in [1.54, 1.807) is 12.1 Å². The van der Waals surface area contributed by atoms with Crippen LogP contribution in [-0.4, -0.2) is 16.5 Å². The summed E-state index contributed by atoms with van der Waals surface area (Å²) in [4.78, 5) is 21.7. The molecule has 1 fully saturated rings. The van der Waals surface area contributed by atoms with Crippen molar-refractivity contribution in [2.24, 2.45) is 5.10 Å². The third-order valence-corrected chi connectivity index (χ3v) is 3.03. The number of non-ortho nitro benzene ring substituents is 1. The average molecular weight is 261 g/mol. The Morgan fingerprint density at radius 1 is 1.26 bits per heavy atom. The van der Waals surface area contributed by atoms with Gasteiger partial charge in [0.05, 0.1) is 11.3 Å². The Labute approximate surface area is 110 Å². The third kappa shape index (κ3) is 3.87. The number of nitro groups is 1. The normalized spacial score (nSPS) is 14.2. The zero-order chi connectivity index (χ0) is 13.7. The number of rotatable bonds is 4. The summed E-state index contributed by atoms with van der Waals surface area (Å²) in [5.74, 6) is -0.201. The quantitative estimate of drug-likeness (QED) is 0.666. The summed E-state index contributed by atoms with van der Waals surface area (Å²) in [6.07, 6.45) is 4.36. The van der Waals surface area contributed by atoms with Crippen LogP contribution in [0, 0.1) is 10.1 Å². The molecule has 0 aromatic heterocycles. The van der Waals surface area contributed by atoms with Crippen molar-refractivity contribution in [2.45, 2.75) is 32.1 Å². The van der Waals surface area contributed by atoms with E-state index in [2.05, 4.69) is 10.5 Å². The van der Waals surface area contributed by atoms with Crippen molar-refractivity contribution in [3.63, 3.8) is 0 Å². The van der Waals surface area contributed by atoms with Crippen LogP contribution in [0.5, 0.6) is 0 Å². The van der Waals surface area contributed by atoms with Crippen molar-refractivity contribution in [1.29, 1.82) is 0 Å². The fourth-order valence-corrected chi connectivity index (χ4v) is 2.00. The molecule has 0 heterocycles. The number of nitrogens with zero attached hydrogens (tertiary/aromatic N) is 2. The summed E-state index contributed by atoms with van der Waals surface area (Å²) < 4.78 is 0. The Balaban J connectivity index is 1.87. The molecule has 0 spiro atoms. The van der Waals surface area contributed by atoms with E-state index in [1.807, 2.05) is 0 Å². The molecule has 2 rings (SSSR count). The van der Waals surface area contributed by atoms with Crippen LogP contribution in [0.15, 0.2) is 29.4 Å². The number of nitrogens with one attached hydrogen (secondary N) is 1. The fraction of sp³-hybridized carbons (Fsp3) is 0.385. The first-order chi connectivity index (χ1) is 9.15. The van der Waals surface area contributed by atoms with Crippen LogP contribution in [0.25, 0.3) is 0 Å². The molecule has 6 nitrogen and oxygen atoms in total. The van der Waals surface area contributed by atoms with Crippen molar-refractivity contribution in [1.82, 2.24) is 5.43 Å². The van der Waals surface area contributed by atoms with E-state index in [-0.39, 0.29) is 18.0 Å². The lowest BCUT2D eigenvalue weighted by Crippen LogP contribution is -2.21. The number of nitro benzene ring substituents is 1. The van der Waals surface area contributed by atoms with E-state index in [9.17, 15) is 14.9 Å². The number of hydrogen-bond acceptors (Lipinski definition) is 4. The maximum Gasteiger partial charge on any atom is 0.269 e. The lowest BCUT2D eigenvalue weighted by molar-refractivity contribution is -0.384. The highest BCUT2D eigenvalue weighted by molar-refractivity contribution is 5.88. The van der Waals surface area contributed by atoms with E-state index < -0.39 is 4.92 Å². The molecule has 1 saturated carbocycles. The van der Waals surface area contributed by atoms with Crippen LogP contribution in [0.4, 0.5) is 5.69 Å². The molecule has 0 saturated heterocycles. The Hall–Kier alpha value is -2.24. The second kappa shape index (κ2) is 6.08. The molecule has 1 N–H and O–H groups in total. The van der Waals surface area contributed by atoms with Gasteiger partial charge in [-0.3, -0.25) is 14.9 Å². The monoisotopic (exact) mass is 261 g/mol. The molecule has 0 radical (unpaired) electrons. The predicted octanol–water partition coefficient (Wildman–Crippen LogP) is 2.18. The predicted molar refractivity (Wildman–Crippen MR) is 70.8 cm³/mol. The van der Waals surface area contributed by atoms with Crippen molar-refractivity contribution in [3.05, 3.63) is 39.9 Å². The van der Waals surface area contributed by atoms with E-state index >= 15 is 0 Å². The van der Waals surface area contributed by atoms with E-state index in [4.69, 9.17) is 0 Å². The van der Waals surface area contributed by atoms with E-state index in [0.29, 0.717) is 0 Å². The van der Waals surface area contributed by atoms with Gasteiger partial charge in [-0.2, -0.15) is 5.10 Å². The zero-order valence-electron chi connectivity index (χ0n) is 10.5. The molecule has 0 aliphatic heterocycles. The maximum absolute atomic E-state index is 11.6. The summed E-state index contributed by atoms with van der Waals surface area (Å²) in [5.41, 5.74) is 4.32. The van der Waals surface area contributed by atoms with Gasteiger partial charge in [-0.1, -0.05) is 12.1 Å². The number of hydrazone groups is 1. The summed E-state index contributed by atoms with van der Waals surface area (Å²) in [6, 6.07) is 5.96. The van der Waals surface area contributed by atoms with Gasteiger partial charge in [0.15, 0.2) is 0 Å². The minimum atomic E-state index is -0.462. The molecule has 1 aromatic carbocycles. The molecule has 0 bridgehead atoms. The largest absolute Gasteiger partial charge is 0.273 e. The van der Waals surface area contributed by atoms with Gasteiger partial charge in [0.2, 0.25) is 5.91 Å². The Morgan fingerprint density at radius 3 is 2.47 bits per heavy atom. The van der Waals surface area contributed by atoms with Crippen LogP contribution < -0.4 is 5.43 Å². The summed E-state index contributed by atoms with van der Waals surface area (Å²) in [6.45, 7) is 0. The van der Waals surface area contributed by atoms with E-state index in [0.717, 1.165) is 37.0 Å². The van der Waals surface area contributed by atoms with Crippen LogP contribution >= 0.6 is 0 Å². The van der Waals surface area contributed by atoms with Gasteiger partial charge in [-0.15, -0.1) is 0 Å². The van der Waals surface area contributed by atoms with Crippen molar-refractivity contribution in [2.75, 3.05) is 0 Å². The van der Waals surface area contributed by atoms with Crippen LogP contribution in [0.2, 0.25) is 0 Å². The number of benzene rings is 1. The second-order valence-electron chi connectivity index (χ2n) is 4.52. The highest BCUT2D eigenvalue weighted by atomic mass is 16.6. The lowest BCUT2D eigenvalue weighted by atomic mass is 10.1. The molecule has 100 valence electrons. The minimum absolute atomic E-state index is 0.0235. The Morgan fingerprint density at radius 2 is 1.89 bits per heavy atom. The van der Waals surface area contributed by atoms with Crippen LogP contribution in [0.1, 0.15) is 31.2 Å². The number of hydrogen-bond donors (Lipinski definition) is 1. The molecule has 6 heteroatoms. The highest BCUT2D eigenvalue weighted by Crippen LogP contribution is 2.14. The standard InChI is InChI=1S/C13H15N3O3/c17-13(15-14-11-3-1-2-4-11)9-10-5-7-12(8-6-10)16(18)19/h5-8H,1-4,9H2,(H,15,17). The minimum Gasteiger partial charge on any atom is -0.273 e. The van der Waals surface area contributed by atoms with Gasteiger partial charge < -0.3 is 0 Å². The molecule has 0 atom stereocenters. The fourth-order valence-electron chi connectivity index (χ4n) is 2.00. The molecule has 1 aliphatic carbocycles. The van der Waals surface area contributed by atoms with Crippen LogP contribution in [-0.2, 0) is 11.2 Å². The Bertz CT molecular complexity index is 500. The molecule has 1 aromatic rings. The van der Waals surface area contributed by atoms with Crippen molar-refractivity contribution in [3.8, 4) is 0 Å². The smallest absolute Gasteiger partial charge is 0.269 e. The average Bonchev–Trinajstić information content (AvgIpc) is 2.90. The van der Waals surface area contributed by atoms with E-state index in [1.165, 1.54) is 12.1 Å². The van der Waals surface area contributed by atoms with Gasteiger partial charge in [-0.25, -0.2) is 5.43 Å². The number of carbonyl (C=O) groups is 1. The molecular formula is C13H15N3O3. The van der Waals surface area contributed by atoms with Crippen molar-refractivity contribution < 1.29 is 9.72 Å². The first-order valence-corrected chi connectivity index (χ1v) is 6.23. The van der Waals surface area contributed by atoms with Gasteiger partial charge in [0, 0.05) is 17.8 Å². The molecular weight excluding hydrogens is 246 g/mol. The summed E-state index contributed by atoms with van der Waals surface area (Å²) >= 11 is 0. The zero-order valence-corrected chi connectivity index (χ0v) is 10.5. The first-order valence-electron chi connectivity index (χ1n) is 6.23. The molecule has 19 heavy (non-hydrogen) atoms. The third-order valence-electron chi connectivity index (χ3n) is 3.03. The SMILES string of the molecule is O=C(Cc1ccc([N+](=O)[O-])cc1)NN=C1CCCC1. The van der Waals surface area contributed by atoms with Gasteiger partial charge in [0.1, 0.15) is 0 Å². The Kier molecular flexibility index (Phi) is 4.22. The van der Waals surface area contributed by atoms with Gasteiger partial charge >= 0.3 is 0 Å². The second-order valence-corrected chi connectivity index (χ2v) is 4.52. The summed E-state index contributed by atoms with van der Waals surface area (Å²) in [7, 11) is 0. The number of carbonyl (C=O) groups excluding carboxylic acids is 1. The maximum atomic E-state index is 11.6.